The monoisotopic (exact) mass is 325 g/mol. The van der Waals surface area contributed by atoms with Crippen molar-refractivity contribution in [3.8, 4) is 0 Å². The highest BCUT2D eigenvalue weighted by atomic mass is 32.2. The molecule has 1 fully saturated rings. The van der Waals surface area contributed by atoms with E-state index < -0.39 is 10.8 Å². The summed E-state index contributed by atoms with van der Waals surface area (Å²) >= 11 is 4.91. The van der Waals surface area contributed by atoms with E-state index in [9.17, 15) is 9.00 Å². The number of carbonyl (C=O) groups excluding carboxylic acids is 1. The summed E-state index contributed by atoms with van der Waals surface area (Å²) in [5.41, 5.74) is 7.00. The van der Waals surface area contributed by atoms with Gasteiger partial charge in [-0.1, -0.05) is 24.4 Å². The summed E-state index contributed by atoms with van der Waals surface area (Å²) in [5, 5.41) is 2.84. The van der Waals surface area contributed by atoms with Crippen molar-refractivity contribution in [2.45, 2.75) is 6.42 Å². The number of carbonyl (C=O) groups is 1. The maximum absolute atomic E-state index is 11.9. The third-order valence-corrected chi connectivity index (χ3v) is 4.87. The Morgan fingerprint density at radius 3 is 2.76 bits per heavy atom. The number of nitrogens with one attached hydrogen (secondary N) is 1. The molecule has 1 heterocycles. The van der Waals surface area contributed by atoms with E-state index in [2.05, 4.69) is 10.2 Å². The van der Waals surface area contributed by atoms with E-state index in [0.717, 1.165) is 18.7 Å². The molecule has 2 rings (SSSR count). The number of hydrogen-bond donors (Lipinski definition) is 2. The lowest BCUT2D eigenvalue weighted by atomic mass is 10.2. The summed E-state index contributed by atoms with van der Waals surface area (Å²) in [6.07, 6.45) is 0.421. The molecule has 0 spiro atoms. The molecule has 1 aliphatic heterocycles. The highest BCUT2D eigenvalue weighted by Crippen LogP contribution is 2.11. The minimum atomic E-state index is -0.680. The largest absolute Gasteiger partial charge is 0.389 e. The lowest BCUT2D eigenvalue weighted by molar-refractivity contribution is -0.116. The molecule has 0 atom stereocenters. The summed E-state index contributed by atoms with van der Waals surface area (Å²) < 4.78 is 11.3. The van der Waals surface area contributed by atoms with Crippen LogP contribution in [0.15, 0.2) is 24.3 Å². The molecule has 0 aromatic heterocycles. The van der Waals surface area contributed by atoms with Gasteiger partial charge < -0.3 is 16.0 Å². The highest BCUT2D eigenvalue weighted by Gasteiger charge is 2.15. The summed E-state index contributed by atoms with van der Waals surface area (Å²) in [7, 11) is -0.680. The lowest BCUT2D eigenvalue weighted by Gasteiger charge is -2.25. The van der Waals surface area contributed by atoms with Crippen LogP contribution in [-0.2, 0) is 15.6 Å². The van der Waals surface area contributed by atoms with Gasteiger partial charge in [0.1, 0.15) is 4.99 Å². The van der Waals surface area contributed by atoms with Crippen LogP contribution in [0.25, 0.3) is 0 Å². The first-order chi connectivity index (χ1) is 10.0. The first-order valence-electron chi connectivity index (χ1n) is 6.81. The van der Waals surface area contributed by atoms with Crippen molar-refractivity contribution in [2.24, 2.45) is 5.73 Å². The Labute approximate surface area is 132 Å². The summed E-state index contributed by atoms with van der Waals surface area (Å²) in [6, 6.07) is 7.20. The molecule has 0 saturated carbocycles. The second-order valence-corrected chi connectivity index (χ2v) is 7.07. The van der Waals surface area contributed by atoms with Crippen molar-refractivity contribution in [2.75, 3.05) is 36.5 Å². The van der Waals surface area contributed by atoms with Gasteiger partial charge in [0.15, 0.2) is 0 Å². The van der Waals surface area contributed by atoms with Crippen LogP contribution in [0.4, 0.5) is 5.69 Å². The van der Waals surface area contributed by atoms with E-state index in [1.54, 1.807) is 6.07 Å². The van der Waals surface area contributed by atoms with Crippen molar-refractivity contribution in [3.05, 3.63) is 29.8 Å². The molecule has 3 N–H and O–H groups in total. The third kappa shape index (κ3) is 5.18. The molecule has 0 aliphatic carbocycles. The molecule has 1 saturated heterocycles. The molecule has 21 heavy (non-hydrogen) atoms. The van der Waals surface area contributed by atoms with Gasteiger partial charge in [-0.05, 0) is 12.1 Å². The molecule has 114 valence electrons. The van der Waals surface area contributed by atoms with Gasteiger partial charge >= 0.3 is 0 Å². The Kier molecular flexibility index (Phi) is 5.84. The van der Waals surface area contributed by atoms with Crippen LogP contribution in [0.2, 0.25) is 0 Å². The molecular formula is C14H19N3O2S2. The molecule has 1 aromatic carbocycles. The van der Waals surface area contributed by atoms with E-state index in [1.165, 1.54) is 0 Å². The summed E-state index contributed by atoms with van der Waals surface area (Å²) in [5.74, 6) is 1.37. The number of thiocarbonyl (C=S) groups is 1. The van der Waals surface area contributed by atoms with Crippen LogP contribution >= 0.6 is 12.2 Å². The number of hydrogen-bond acceptors (Lipinski definition) is 4. The fourth-order valence-corrected chi connectivity index (χ4v) is 3.39. The topological polar surface area (TPSA) is 75.4 Å². The second-order valence-electron chi connectivity index (χ2n) is 4.93. The fourth-order valence-electron chi connectivity index (χ4n) is 2.13. The minimum Gasteiger partial charge on any atom is -0.389 e. The first-order valence-corrected chi connectivity index (χ1v) is 8.71. The number of benzene rings is 1. The van der Waals surface area contributed by atoms with E-state index in [-0.39, 0.29) is 5.91 Å². The van der Waals surface area contributed by atoms with Crippen LogP contribution in [0.1, 0.15) is 12.0 Å². The van der Waals surface area contributed by atoms with Crippen molar-refractivity contribution < 1.29 is 9.00 Å². The molecule has 1 aliphatic rings. The van der Waals surface area contributed by atoms with E-state index in [4.69, 9.17) is 18.0 Å². The molecule has 1 aromatic rings. The third-order valence-electron chi connectivity index (χ3n) is 3.36. The van der Waals surface area contributed by atoms with E-state index >= 15 is 0 Å². The normalized spacial score (nSPS) is 16.6. The second kappa shape index (κ2) is 7.63. The molecule has 0 bridgehead atoms. The summed E-state index contributed by atoms with van der Waals surface area (Å²) in [6.45, 7) is 2.30. The number of amides is 1. The van der Waals surface area contributed by atoms with Crippen molar-refractivity contribution in [1.82, 2.24) is 4.90 Å². The van der Waals surface area contributed by atoms with Crippen molar-refractivity contribution in [1.29, 1.82) is 0 Å². The van der Waals surface area contributed by atoms with Gasteiger partial charge in [0.25, 0.3) is 0 Å². The van der Waals surface area contributed by atoms with Crippen LogP contribution < -0.4 is 11.1 Å². The van der Waals surface area contributed by atoms with Gasteiger partial charge in [0.05, 0.1) is 0 Å². The van der Waals surface area contributed by atoms with Gasteiger partial charge in [0, 0.05) is 59.6 Å². The maximum atomic E-state index is 11.9. The zero-order chi connectivity index (χ0) is 15.2. The van der Waals surface area contributed by atoms with Crippen molar-refractivity contribution >= 4 is 39.6 Å². The SMILES string of the molecule is NC(=S)c1cccc(NC(=O)CCN2CCS(=O)CC2)c1. The van der Waals surface area contributed by atoms with Gasteiger partial charge in [-0.25, -0.2) is 0 Å². The van der Waals surface area contributed by atoms with E-state index in [1.807, 2.05) is 18.2 Å². The van der Waals surface area contributed by atoms with Crippen LogP contribution in [-0.4, -0.2) is 51.1 Å². The predicted octanol–water partition coefficient (Wildman–Crippen LogP) is 0.714. The highest BCUT2D eigenvalue weighted by molar-refractivity contribution is 7.85. The predicted molar refractivity (Wildman–Crippen MR) is 89.9 cm³/mol. The quantitative estimate of drug-likeness (QED) is 0.780. The summed E-state index contributed by atoms with van der Waals surface area (Å²) in [4.78, 5) is 14.4. The molecule has 7 heteroatoms. The molecule has 0 unspecified atom stereocenters. The first kappa shape index (κ1) is 16.1. The molecule has 0 radical (unpaired) electrons. The molecular weight excluding hydrogens is 306 g/mol. The van der Waals surface area contributed by atoms with Gasteiger partial charge in [-0.3, -0.25) is 9.00 Å². The van der Waals surface area contributed by atoms with Gasteiger partial charge in [-0.2, -0.15) is 0 Å². The Balaban J connectivity index is 1.80. The zero-order valence-electron chi connectivity index (χ0n) is 11.7. The molecule has 5 nitrogen and oxygen atoms in total. The Morgan fingerprint density at radius 2 is 2.10 bits per heavy atom. The fraction of sp³-hybridized carbons (Fsp3) is 0.429. The Bertz CT molecular complexity index is 553. The number of rotatable bonds is 5. The number of nitrogens with zero attached hydrogens (tertiary/aromatic N) is 1. The smallest absolute Gasteiger partial charge is 0.225 e. The van der Waals surface area contributed by atoms with Crippen LogP contribution in [0, 0.1) is 0 Å². The van der Waals surface area contributed by atoms with Crippen LogP contribution in [0.5, 0.6) is 0 Å². The Hall–Kier alpha value is -1.31. The Morgan fingerprint density at radius 1 is 1.38 bits per heavy atom. The standard InChI is InChI=1S/C14H19N3O2S2/c15-14(20)11-2-1-3-12(10-11)16-13(18)4-5-17-6-8-21(19)9-7-17/h1-3,10H,4-9H2,(H2,15,20)(H,16,18). The zero-order valence-corrected chi connectivity index (χ0v) is 13.3. The van der Waals surface area contributed by atoms with Gasteiger partial charge in [0.2, 0.25) is 5.91 Å². The average molecular weight is 325 g/mol. The van der Waals surface area contributed by atoms with Gasteiger partial charge in [-0.15, -0.1) is 0 Å². The average Bonchev–Trinajstić information content (AvgIpc) is 2.47. The number of nitrogens with two attached hydrogens (primary N) is 1. The van der Waals surface area contributed by atoms with E-state index in [0.29, 0.717) is 35.1 Å². The van der Waals surface area contributed by atoms with Crippen LogP contribution in [0.3, 0.4) is 0 Å². The van der Waals surface area contributed by atoms with Crippen molar-refractivity contribution in [3.63, 3.8) is 0 Å². The molecule has 1 amide bonds. The number of anilines is 1. The maximum Gasteiger partial charge on any atom is 0.225 e. The minimum absolute atomic E-state index is 0.0400. The lowest BCUT2D eigenvalue weighted by Crippen LogP contribution is -2.39.